The van der Waals surface area contributed by atoms with Crippen molar-refractivity contribution in [2.45, 2.75) is 13.0 Å². The van der Waals surface area contributed by atoms with Crippen molar-refractivity contribution in [3.63, 3.8) is 0 Å². The quantitative estimate of drug-likeness (QED) is 0.628. The predicted molar refractivity (Wildman–Crippen MR) is 85.9 cm³/mol. The number of nitrogens with one attached hydrogen (secondary N) is 1. The zero-order valence-corrected chi connectivity index (χ0v) is 13.4. The zero-order chi connectivity index (χ0) is 14.5. The summed E-state index contributed by atoms with van der Waals surface area (Å²) in [7, 11) is 0. The molecular formula is C15H16BrClN2O. The maximum atomic E-state index is 6.07. The van der Waals surface area contributed by atoms with E-state index in [1.807, 2.05) is 49.4 Å². The Morgan fingerprint density at radius 3 is 2.80 bits per heavy atom. The van der Waals surface area contributed by atoms with Crippen LogP contribution in [0.5, 0.6) is 5.75 Å². The molecule has 0 aliphatic heterocycles. The number of nitrogens with two attached hydrogens (primary N) is 1. The minimum Gasteiger partial charge on any atom is -0.494 e. The molecule has 0 saturated carbocycles. The van der Waals surface area contributed by atoms with Gasteiger partial charge < -0.3 is 4.74 Å². The Balaban J connectivity index is 2.41. The third-order valence-electron chi connectivity index (χ3n) is 2.94. The largest absolute Gasteiger partial charge is 0.494 e. The van der Waals surface area contributed by atoms with E-state index in [9.17, 15) is 0 Å². The summed E-state index contributed by atoms with van der Waals surface area (Å²) in [5.74, 6) is 6.55. The number of hydrazine groups is 1. The first-order chi connectivity index (χ1) is 9.65. The van der Waals surface area contributed by atoms with E-state index < -0.39 is 0 Å². The molecule has 0 saturated heterocycles. The van der Waals surface area contributed by atoms with Crippen molar-refractivity contribution in [2.24, 2.45) is 5.84 Å². The van der Waals surface area contributed by atoms with Crippen molar-refractivity contribution < 1.29 is 4.74 Å². The highest BCUT2D eigenvalue weighted by Gasteiger charge is 2.16. The van der Waals surface area contributed by atoms with E-state index in [1.54, 1.807) is 0 Å². The van der Waals surface area contributed by atoms with E-state index in [-0.39, 0.29) is 6.04 Å². The van der Waals surface area contributed by atoms with Crippen LogP contribution in [0.3, 0.4) is 0 Å². The number of benzene rings is 2. The normalized spacial score (nSPS) is 12.2. The van der Waals surface area contributed by atoms with Gasteiger partial charge in [0.05, 0.1) is 12.6 Å². The summed E-state index contributed by atoms with van der Waals surface area (Å²) in [5.41, 5.74) is 4.82. The first kappa shape index (κ1) is 15.3. The maximum absolute atomic E-state index is 6.07. The number of ether oxygens (including phenoxy) is 1. The Kier molecular flexibility index (Phi) is 5.43. The summed E-state index contributed by atoms with van der Waals surface area (Å²) in [6.07, 6.45) is 0. The average molecular weight is 356 g/mol. The van der Waals surface area contributed by atoms with E-state index in [0.29, 0.717) is 11.6 Å². The molecule has 1 atom stereocenters. The number of halogens is 2. The minimum absolute atomic E-state index is 0.163. The lowest BCUT2D eigenvalue weighted by Gasteiger charge is -2.19. The SMILES string of the molecule is CCOc1cccc(C(NN)c2cc(Cl)ccc2Br)c1. The summed E-state index contributed by atoms with van der Waals surface area (Å²) >= 11 is 9.61. The average Bonchev–Trinajstić information content (AvgIpc) is 2.44. The highest BCUT2D eigenvalue weighted by atomic mass is 79.9. The van der Waals surface area contributed by atoms with Crippen molar-refractivity contribution in [1.82, 2.24) is 5.43 Å². The van der Waals surface area contributed by atoms with Gasteiger partial charge in [0.15, 0.2) is 0 Å². The van der Waals surface area contributed by atoms with Crippen LogP contribution in [0, 0.1) is 0 Å². The fraction of sp³-hybridized carbons (Fsp3) is 0.200. The fourth-order valence-electron chi connectivity index (χ4n) is 2.05. The van der Waals surface area contributed by atoms with Crippen LogP contribution >= 0.6 is 27.5 Å². The van der Waals surface area contributed by atoms with Gasteiger partial charge in [-0.15, -0.1) is 0 Å². The summed E-state index contributed by atoms with van der Waals surface area (Å²) in [4.78, 5) is 0. The van der Waals surface area contributed by atoms with Gasteiger partial charge in [-0.3, -0.25) is 5.84 Å². The molecule has 0 spiro atoms. The highest BCUT2D eigenvalue weighted by molar-refractivity contribution is 9.10. The van der Waals surface area contributed by atoms with E-state index in [0.717, 1.165) is 21.3 Å². The second-order valence-electron chi connectivity index (χ2n) is 4.27. The molecule has 0 radical (unpaired) electrons. The molecule has 20 heavy (non-hydrogen) atoms. The molecule has 2 rings (SSSR count). The van der Waals surface area contributed by atoms with Gasteiger partial charge in [-0.05, 0) is 48.4 Å². The summed E-state index contributed by atoms with van der Waals surface area (Å²) in [6, 6.07) is 13.3. The van der Waals surface area contributed by atoms with Crippen LogP contribution in [0.1, 0.15) is 24.1 Å². The van der Waals surface area contributed by atoms with Gasteiger partial charge in [0, 0.05) is 9.50 Å². The summed E-state index contributed by atoms with van der Waals surface area (Å²) in [5, 5.41) is 0.671. The monoisotopic (exact) mass is 354 g/mol. The fourth-order valence-corrected chi connectivity index (χ4v) is 2.71. The topological polar surface area (TPSA) is 47.3 Å². The molecule has 5 heteroatoms. The zero-order valence-electron chi connectivity index (χ0n) is 11.1. The number of hydrogen-bond donors (Lipinski definition) is 2. The van der Waals surface area contributed by atoms with Crippen LogP contribution in [0.25, 0.3) is 0 Å². The molecule has 0 amide bonds. The predicted octanol–water partition coefficient (Wildman–Crippen LogP) is 4.05. The van der Waals surface area contributed by atoms with Gasteiger partial charge in [0.1, 0.15) is 5.75 Å². The van der Waals surface area contributed by atoms with Gasteiger partial charge in [-0.1, -0.05) is 39.7 Å². The molecule has 0 aliphatic rings. The van der Waals surface area contributed by atoms with E-state index >= 15 is 0 Å². The van der Waals surface area contributed by atoms with Crippen molar-refractivity contribution in [2.75, 3.05) is 6.61 Å². The molecule has 2 aromatic carbocycles. The van der Waals surface area contributed by atoms with Gasteiger partial charge in [0.25, 0.3) is 0 Å². The molecule has 0 aliphatic carbocycles. The highest BCUT2D eigenvalue weighted by Crippen LogP contribution is 2.31. The molecule has 1 unspecified atom stereocenters. The molecular weight excluding hydrogens is 340 g/mol. The Hall–Kier alpha value is -1.07. The smallest absolute Gasteiger partial charge is 0.119 e. The molecule has 0 heterocycles. The Bertz CT molecular complexity index is 592. The van der Waals surface area contributed by atoms with Gasteiger partial charge in [-0.2, -0.15) is 0 Å². The van der Waals surface area contributed by atoms with Crippen LogP contribution in [-0.4, -0.2) is 6.61 Å². The van der Waals surface area contributed by atoms with E-state index in [1.165, 1.54) is 0 Å². The molecule has 0 bridgehead atoms. The molecule has 3 nitrogen and oxygen atoms in total. The van der Waals surface area contributed by atoms with E-state index in [2.05, 4.69) is 21.4 Å². The lowest BCUT2D eigenvalue weighted by atomic mass is 9.99. The lowest BCUT2D eigenvalue weighted by Crippen LogP contribution is -2.29. The third kappa shape index (κ3) is 3.52. The first-order valence-electron chi connectivity index (χ1n) is 6.29. The van der Waals surface area contributed by atoms with Gasteiger partial charge in [-0.25, -0.2) is 5.43 Å². The maximum Gasteiger partial charge on any atom is 0.119 e. The van der Waals surface area contributed by atoms with Gasteiger partial charge in [0.2, 0.25) is 0 Å². The molecule has 0 aromatic heterocycles. The van der Waals surface area contributed by atoms with Crippen molar-refractivity contribution in [3.8, 4) is 5.75 Å². The molecule has 106 valence electrons. The van der Waals surface area contributed by atoms with Crippen LogP contribution in [0.15, 0.2) is 46.9 Å². The minimum atomic E-state index is -0.163. The molecule has 3 N–H and O–H groups in total. The number of rotatable bonds is 5. The van der Waals surface area contributed by atoms with Crippen LogP contribution < -0.4 is 16.0 Å². The van der Waals surface area contributed by atoms with Crippen molar-refractivity contribution in [1.29, 1.82) is 0 Å². The Labute approximate surface area is 132 Å². The molecule has 2 aromatic rings. The van der Waals surface area contributed by atoms with Crippen LogP contribution in [0.4, 0.5) is 0 Å². The first-order valence-corrected chi connectivity index (χ1v) is 7.46. The second kappa shape index (κ2) is 7.09. The molecule has 0 fully saturated rings. The van der Waals surface area contributed by atoms with Crippen LogP contribution in [0.2, 0.25) is 5.02 Å². The summed E-state index contributed by atoms with van der Waals surface area (Å²) in [6.45, 7) is 2.59. The van der Waals surface area contributed by atoms with Crippen LogP contribution in [-0.2, 0) is 0 Å². The Morgan fingerprint density at radius 1 is 1.30 bits per heavy atom. The van der Waals surface area contributed by atoms with Crippen molar-refractivity contribution in [3.05, 3.63) is 63.1 Å². The number of hydrogen-bond acceptors (Lipinski definition) is 3. The second-order valence-corrected chi connectivity index (χ2v) is 5.56. The van der Waals surface area contributed by atoms with E-state index in [4.69, 9.17) is 22.2 Å². The van der Waals surface area contributed by atoms with Gasteiger partial charge >= 0.3 is 0 Å². The standard InChI is InChI=1S/C15H16BrClN2O/c1-2-20-12-5-3-4-10(8-12)15(19-18)13-9-11(17)6-7-14(13)16/h3-9,15,19H,2,18H2,1H3. The van der Waals surface area contributed by atoms with Crippen molar-refractivity contribution >= 4 is 27.5 Å². The third-order valence-corrected chi connectivity index (χ3v) is 3.90. The summed E-state index contributed by atoms with van der Waals surface area (Å²) < 4.78 is 6.48. The lowest BCUT2D eigenvalue weighted by molar-refractivity contribution is 0.339. The Morgan fingerprint density at radius 2 is 2.10 bits per heavy atom.